The van der Waals surface area contributed by atoms with Crippen LogP contribution in [0.25, 0.3) is 0 Å². The predicted octanol–water partition coefficient (Wildman–Crippen LogP) is 1.55. The largest absolute Gasteiger partial charge is 0.372 e. The molecular formula is C6H9BrN2O2. The molecule has 1 heterocycles. The van der Waals surface area contributed by atoms with Gasteiger partial charge in [-0.05, 0) is 12.8 Å². The van der Waals surface area contributed by atoms with Crippen LogP contribution in [0.1, 0.15) is 12.8 Å². The predicted molar refractivity (Wildman–Crippen MR) is 44.8 cm³/mol. The van der Waals surface area contributed by atoms with Crippen LogP contribution in [0, 0.1) is 10.1 Å². The highest BCUT2D eigenvalue weighted by Crippen LogP contribution is 2.25. The smallest absolute Gasteiger partial charge is 0.329 e. The van der Waals surface area contributed by atoms with Crippen LogP contribution in [0.4, 0.5) is 0 Å². The van der Waals surface area contributed by atoms with E-state index in [4.69, 9.17) is 0 Å². The first-order valence-corrected chi connectivity index (χ1v) is 4.16. The van der Waals surface area contributed by atoms with Crippen molar-refractivity contribution in [1.29, 1.82) is 0 Å². The molecule has 0 bridgehead atoms. The van der Waals surface area contributed by atoms with Gasteiger partial charge in [0.1, 0.15) is 0 Å². The van der Waals surface area contributed by atoms with Crippen molar-refractivity contribution in [2.24, 2.45) is 0 Å². The monoisotopic (exact) mass is 220 g/mol. The molecule has 0 radical (unpaired) electrons. The fourth-order valence-electron chi connectivity index (χ4n) is 1.18. The molecule has 0 aromatic carbocycles. The van der Waals surface area contributed by atoms with Crippen molar-refractivity contribution in [1.82, 2.24) is 4.90 Å². The fraction of sp³-hybridized carbons (Fsp3) is 0.667. The highest BCUT2D eigenvalue weighted by molar-refractivity contribution is 9.11. The van der Waals surface area contributed by atoms with E-state index >= 15 is 0 Å². The van der Waals surface area contributed by atoms with Crippen LogP contribution in [0.3, 0.4) is 0 Å². The van der Waals surface area contributed by atoms with Crippen molar-refractivity contribution in [3.8, 4) is 0 Å². The zero-order valence-corrected chi connectivity index (χ0v) is 7.80. The zero-order valence-electron chi connectivity index (χ0n) is 6.21. The molecule has 0 aromatic heterocycles. The summed E-state index contributed by atoms with van der Waals surface area (Å²) in [5.41, 5.74) is 0.801. The molecule has 1 rings (SSSR count). The van der Waals surface area contributed by atoms with Gasteiger partial charge in [0.25, 0.3) is 0 Å². The van der Waals surface area contributed by atoms with Crippen LogP contribution >= 0.6 is 15.9 Å². The molecule has 1 aliphatic heterocycles. The second kappa shape index (κ2) is 3.21. The van der Waals surface area contributed by atoms with Crippen LogP contribution in [0.15, 0.2) is 10.3 Å². The molecule has 0 atom stereocenters. The summed E-state index contributed by atoms with van der Waals surface area (Å²) < 4.78 is 0.109. The number of hydrogen-bond donors (Lipinski definition) is 0. The molecule has 0 spiro atoms. The van der Waals surface area contributed by atoms with Crippen molar-refractivity contribution in [2.45, 2.75) is 12.8 Å². The Labute approximate surface area is 73.1 Å². The van der Waals surface area contributed by atoms with Crippen molar-refractivity contribution >= 4 is 15.9 Å². The first-order chi connectivity index (χ1) is 5.13. The third-order valence-corrected chi connectivity index (χ3v) is 2.51. The van der Waals surface area contributed by atoms with Crippen molar-refractivity contribution in [3.63, 3.8) is 0 Å². The molecule has 62 valence electrons. The maximum absolute atomic E-state index is 10.3. The maximum atomic E-state index is 10.3. The quantitative estimate of drug-likeness (QED) is 0.383. The van der Waals surface area contributed by atoms with Gasteiger partial charge in [-0.1, -0.05) is 0 Å². The Morgan fingerprint density at radius 1 is 1.82 bits per heavy atom. The zero-order chi connectivity index (χ0) is 8.43. The molecule has 0 unspecified atom stereocenters. The molecule has 1 fully saturated rings. The summed E-state index contributed by atoms with van der Waals surface area (Å²) in [5.74, 6) is 0. The van der Waals surface area contributed by atoms with Crippen molar-refractivity contribution in [3.05, 3.63) is 20.4 Å². The number of halogens is 1. The lowest BCUT2D eigenvalue weighted by atomic mass is 10.3. The molecule has 5 heteroatoms. The van der Waals surface area contributed by atoms with Gasteiger partial charge in [0.15, 0.2) is 0 Å². The SMILES string of the molecule is CN1CCCC1=C(Br)[N+](=O)[O-]. The lowest BCUT2D eigenvalue weighted by Crippen LogP contribution is -2.13. The van der Waals surface area contributed by atoms with Crippen molar-refractivity contribution < 1.29 is 4.92 Å². The third kappa shape index (κ3) is 1.71. The second-order valence-corrected chi connectivity index (χ2v) is 3.27. The van der Waals surface area contributed by atoms with E-state index in [0.29, 0.717) is 0 Å². The van der Waals surface area contributed by atoms with Gasteiger partial charge in [-0.2, -0.15) is 0 Å². The molecule has 11 heavy (non-hydrogen) atoms. The molecule has 0 aliphatic carbocycles. The summed E-state index contributed by atoms with van der Waals surface area (Å²) in [5, 5.41) is 10.3. The number of nitro groups is 1. The standard InChI is InChI=1S/C6H9BrN2O2/c1-8-4-2-3-5(8)6(7)9(10)11/h2-4H2,1H3. The summed E-state index contributed by atoms with van der Waals surface area (Å²) in [6, 6.07) is 0. The van der Waals surface area contributed by atoms with E-state index in [2.05, 4.69) is 15.9 Å². The lowest BCUT2D eigenvalue weighted by Gasteiger charge is -2.10. The number of likely N-dealkylation sites (tertiary alicyclic amines) is 1. The minimum Gasteiger partial charge on any atom is -0.372 e. The Morgan fingerprint density at radius 3 is 2.82 bits per heavy atom. The third-order valence-electron chi connectivity index (χ3n) is 1.77. The van der Waals surface area contributed by atoms with E-state index in [1.54, 1.807) is 0 Å². The van der Waals surface area contributed by atoms with Gasteiger partial charge in [0, 0.05) is 29.5 Å². The Bertz CT molecular complexity index is 215. The van der Waals surface area contributed by atoms with Gasteiger partial charge >= 0.3 is 4.61 Å². The minimum atomic E-state index is -0.392. The van der Waals surface area contributed by atoms with Gasteiger partial charge in [0.05, 0.1) is 10.6 Å². The Kier molecular flexibility index (Phi) is 2.49. The van der Waals surface area contributed by atoms with E-state index in [-0.39, 0.29) is 4.61 Å². The molecule has 1 aliphatic rings. The first-order valence-electron chi connectivity index (χ1n) is 3.37. The molecule has 4 nitrogen and oxygen atoms in total. The average Bonchev–Trinajstić information content (AvgIpc) is 2.33. The Balaban J connectivity index is 2.85. The van der Waals surface area contributed by atoms with Crippen LogP contribution in [-0.2, 0) is 0 Å². The summed E-state index contributed by atoms with van der Waals surface area (Å²) in [6.45, 7) is 0.915. The van der Waals surface area contributed by atoms with Gasteiger partial charge in [-0.3, -0.25) is 10.1 Å². The average molecular weight is 221 g/mol. The van der Waals surface area contributed by atoms with Gasteiger partial charge in [-0.25, -0.2) is 0 Å². The molecule has 1 saturated heterocycles. The van der Waals surface area contributed by atoms with Gasteiger partial charge in [0.2, 0.25) is 0 Å². The molecule has 0 aromatic rings. The van der Waals surface area contributed by atoms with E-state index in [0.717, 1.165) is 25.1 Å². The van der Waals surface area contributed by atoms with Gasteiger partial charge in [-0.15, -0.1) is 0 Å². The number of hydrogen-bond acceptors (Lipinski definition) is 3. The summed E-state index contributed by atoms with van der Waals surface area (Å²) in [4.78, 5) is 11.8. The highest BCUT2D eigenvalue weighted by atomic mass is 79.9. The summed E-state index contributed by atoms with van der Waals surface area (Å²) in [6.07, 6.45) is 1.81. The molecule has 0 amide bonds. The minimum absolute atomic E-state index is 0.109. The first kappa shape index (κ1) is 8.52. The fourth-order valence-corrected chi connectivity index (χ4v) is 1.68. The van der Waals surface area contributed by atoms with E-state index < -0.39 is 4.92 Å². The second-order valence-electron chi connectivity index (χ2n) is 2.52. The number of allylic oxidation sites excluding steroid dienone is 1. The highest BCUT2D eigenvalue weighted by Gasteiger charge is 2.22. The van der Waals surface area contributed by atoms with Crippen LogP contribution < -0.4 is 0 Å². The Morgan fingerprint density at radius 2 is 2.45 bits per heavy atom. The topological polar surface area (TPSA) is 46.4 Å². The lowest BCUT2D eigenvalue weighted by molar-refractivity contribution is -0.410. The molecule has 0 saturated carbocycles. The number of nitrogens with zero attached hydrogens (tertiary/aromatic N) is 2. The molecule has 0 N–H and O–H groups in total. The normalized spacial score (nSPS) is 22.2. The van der Waals surface area contributed by atoms with Crippen LogP contribution in [-0.4, -0.2) is 23.4 Å². The van der Waals surface area contributed by atoms with E-state index in [1.807, 2.05) is 11.9 Å². The summed E-state index contributed by atoms with van der Waals surface area (Å²) in [7, 11) is 1.87. The van der Waals surface area contributed by atoms with E-state index in [9.17, 15) is 10.1 Å². The van der Waals surface area contributed by atoms with Crippen LogP contribution in [0.2, 0.25) is 0 Å². The Hall–Kier alpha value is -0.580. The van der Waals surface area contributed by atoms with Gasteiger partial charge < -0.3 is 4.90 Å². The molecular weight excluding hydrogens is 212 g/mol. The van der Waals surface area contributed by atoms with E-state index in [1.165, 1.54) is 0 Å². The maximum Gasteiger partial charge on any atom is 0.329 e. The number of rotatable bonds is 1. The van der Waals surface area contributed by atoms with Crippen molar-refractivity contribution in [2.75, 3.05) is 13.6 Å². The van der Waals surface area contributed by atoms with Crippen LogP contribution in [0.5, 0.6) is 0 Å². The summed E-state index contributed by atoms with van der Waals surface area (Å²) >= 11 is 2.95.